The number of hydroxylamine groups is 1. The van der Waals surface area contributed by atoms with Crippen molar-refractivity contribution in [3.8, 4) is 0 Å². The number of carbonyl (C=O) groups is 1. The van der Waals surface area contributed by atoms with Gasteiger partial charge in [0, 0.05) is 5.69 Å². The molecule has 0 unspecified atom stereocenters. The number of rotatable bonds is 1. The number of nitrogens with two attached hydrogens (primary N) is 1. The highest BCUT2D eigenvalue weighted by molar-refractivity contribution is 5.98. The van der Waals surface area contributed by atoms with Crippen molar-refractivity contribution in [2.75, 3.05) is 5.73 Å². The van der Waals surface area contributed by atoms with Gasteiger partial charge in [0.05, 0.1) is 5.56 Å². The van der Waals surface area contributed by atoms with Gasteiger partial charge in [0.25, 0.3) is 0 Å². The van der Waals surface area contributed by atoms with Gasteiger partial charge in [-0.25, -0.2) is 4.98 Å². The number of hydrogen-bond acceptors (Lipinski definition) is 4. The zero-order valence-electron chi connectivity index (χ0n) is 6.50. The van der Waals surface area contributed by atoms with E-state index in [2.05, 4.69) is 4.98 Å². The van der Waals surface area contributed by atoms with Crippen molar-refractivity contribution in [3.05, 3.63) is 28.6 Å². The minimum absolute atomic E-state index is 0.0725. The molecular weight excluding hydrogens is 158 g/mol. The third-order valence-corrected chi connectivity index (χ3v) is 1.40. The number of nitrogens with zero attached hydrogens (tertiary/aromatic N) is 1. The summed E-state index contributed by atoms with van der Waals surface area (Å²) in [5.74, 6) is -0.691. The first-order valence-corrected chi connectivity index (χ1v) is 3.30. The predicted octanol–water partition coefficient (Wildman–Crippen LogP) is 0.200. The molecule has 5 nitrogen and oxygen atoms in total. The number of hydrogen-bond donors (Lipinski definition) is 2. The lowest BCUT2D eigenvalue weighted by Gasteiger charge is -2.08. The van der Waals surface area contributed by atoms with Crippen LogP contribution >= 0.6 is 0 Å². The molecule has 0 aliphatic heterocycles. The molecule has 12 heavy (non-hydrogen) atoms. The molecule has 64 valence electrons. The van der Waals surface area contributed by atoms with Gasteiger partial charge in [-0.2, -0.15) is 0 Å². The minimum atomic E-state index is -0.764. The van der Waals surface area contributed by atoms with E-state index in [0.29, 0.717) is 5.69 Å². The molecular formula is C7H8N3O2-. The van der Waals surface area contributed by atoms with Gasteiger partial charge >= 0.3 is 0 Å². The first-order chi connectivity index (χ1) is 5.65. The van der Waals surface area contributed by atoms with Crippen LogP contribution in [0.1, 0.15) is 16.1 Å². The van der Waals surface area contributed by atoms with Crippen LogP contribution in [0.15, 0.2) is 12.1 Å². The molecule has 1 rings (SSSR count). The van der Waals surface area contributed by atoms with Crippen molar-refractivity contribution in [2.24, 2.45) is 0 Å². The van der Waals surface area contributed by atoms with Crippen molar-refractivity contribution in [1.82, 2.24) is 10.5 Å². The van der Waals surface area contributed by atoms with Crippen LogP contribution in [0.4, 0.5) is 5.82 Å². The Balaban J connectivity index is 3.09. The highest BCUT2D eigenvalue weighted by Crippen LogP contribution is 2.08. The number of aryl methyl sites for hydroxylation is 1. The average molecular weight is 166 g/mol. The van der Waals surface area contributed by atoms with E-state index < -0.39 is 5.91 Å². The number of aromatic nitrogens is 1. The molecule has 0 spiro atoms. The summed E-state index contributed by atoms with van der Waals surface area (Å²) in [6, 6.07) is 3.08. The Morgan fingerprint density at radius 1 is 1.67 bits per heavy atom. The van der Waals surface area contributed by atoms with Crippen LogP contribution < -0.4 is 11.2 Å². The Hall–Kier alpha value is -1.62. The predicted molar refractivity (Wildman–Crippen MR) is 44.2 cm³/mol. The van der Waals surface area contributed by atoms with E-state index in [1.165, 1.54) is 11.5 Å². The molecule has 1 aromatic rings. The smallest absolute Gasteiger partial charge is 0.244 e. The molecule has 1 amide bonds. The number of anilines is 1. The molecule has 1 aromatic heterocycles. The zero-order chi connectivity index (χ0) is 9.14. The lowest BCUT2D eigenvalue weighted by atomic mass is 10.2. The third kappa shape index (κ3) is 1.51. The van der Waals surface area contributed by atoms with Crippen molar-refractivity contribution in [2.45, 2.75) is 6.92 Å². The van der Waals surface area contributed by atoms with Crippen LogP contribution in [0.5, 0.6) is 0 Å². The Bertz CT molecular complexity index is 312. The topological polar surface area (TPSA) is 91.1 Å². The summed E-state index contributed by atoms with van der Waals surface area (Å²) < 4.78 is 0. The molecule has 0 radical (unpaired) electrons. The summed E-state index contributed by atoms with van der Waals surface area (Å²) in [6.07, 6.45) is 0. The molecule has 0 fully saturated rings. The number of nitrogen functional groups attached to an aromatic ring is 1. The van der Waals surface area contributed by atoms with E-state index in [9.17, 15) is 10.0 Å². The number of pyridine rings is 1. The monoisotopic (exact) mass is 166 g/mol. The fraction of sp³-hybridized carbons (Fsp3) is 0.143. The van der Waals surface area contributed by atoms with Gasteiger partial charge in [-0.05, 0) is 19.1 Å². The SMILES string of the molecule is Cc1ccc(C(=O)N[O-])c(N)n1. The lowest BCUT2D eigenvalue weighted by Crippen LogP contribution is -2.18. The van der Waals surface area contributed by atoms with Crippen molar-refractivity contribution in [1.29, 1.82) is 0 Å². The van der Waals surface area contributed by atoms with Crippen LogP contribution in [0, 0.1) is 12.1 Å². The summed E-state index contributed by atoms with van der Waals surface area (Å²) >= 11 is 0. The maximum Gasteiger partial charge on any atom is 0.244 e. The maximum absolute atomic E-state index is 10.8. The van der Waals surface area contributed by atoms with Crippen LogP contribution in [0.3, 0.4) is 0 Å². The summed E-state index contributed by atoms with van der Waals surface area (Å²) in [7, 11) is 0. The summed E-state index contributed by atoms with van der Waals surface area (Å²) in [4.78, 5) is 14.6. The van der Waals surface area contributed by atoms with Crippen LogP contribution in [-0.4, -0.2) is 10.9 Å². The summed E-state index contributed by atoms with van der Waals surface area (Å²) in [5.41, 5.74) is 7.43. The first kappa shape index (κ1) is 8.48. The molecule has 0 aliphatic rings. The van der Waals surface area contributed by atoms with Gasteiger partial charge in [0.15, 0.2) is 0 Å². The zero-order valence-corrected chi connectivity index (χ0v) is 6.50. The molecule has 0 atom stereocenters. The number of amides is 1. The molecule has 3 N–H and O–H groups in total. The largest absolute Gasteiger partial charge is 0.759 e. The second-order valence-corrected chi connectivity index (χ2v) is 2.32. The van der Waals surface area contributed by atoms with Gasteiger partial charge in [-0.15, -0.1) is 0 Å². The normalized spacial score (nSPS) is 9.50. The van der Waals surface area contributed by atoms with E-state index in [0.717, 1.165) is 0 Å². The van der Waals surface area contributed by atoms with E-state index in [1.807, 2.05) is 0 Å². The van der Waals surface area contributed by atoms with Gasteiger partial charge in [0.2, 0.25) is 5.91 Å². The summed E-state index contributed by atoms with van der Waals surface area (Å²) in [6.45, 7) is 1.75. The van der Waals surface area contributed by atoms with Gasteiger partial charge in [0.1, 0.15) is 5.82 Å². The third-order valence-electron chi connectivity index (χ3n) is 1.40. The fourth-order valence-electron chi connectivity index (χ4n) is 0.824. The highest BCUT2D eigenvalue weighted by Gasteiger charge is 2.06. The quantitative estimate of drug-likeness (QED) is 0.583. The minimum Gasteiger partial charge on any atom is -0.759 e. The van der Waals surface area contributed by atoms with Crippen molar-refractivity contribution in [3.63, 3.8) is 0 Å². The van der Waals surface area contributed by atoms with Gasteiger partial charge in [-0.1, -0.05) is 0 Å². The molecule has 0 saturated carbocycles. The average Bonchev–Trinajstić information content (AvgIpc) is 2.03. The Kier molecular flexibility index (Phi) is 2.25. The van der Waals surface area contributed by atoms with E-state index in [-0.39, 0.29) is 11.4 Å². The molecule has 0 bridgehead atoms. The fourth-order valence-corrected chi connectivity index (χ4v) is 0.824. The van der Waals surface area contributed by atoms with E-state index in [1.54, 1.807) is 13.0 Å². The molecule has 5 heteroatoms. The Morgan fingerprint density at radius 2 is 2.33 bits per heavy atom. The number of carbonyl (C=O) groups excluding carboxylic acids is 1. The molecule has 0 aliphatic carbocycles. The van der Waals surface area contributed by atoms with Crippen molar-refractivity contribution >= 4 is 11.7 Å². The lowest BCUT2D eigenvalue weighted by molar-refractivity contribution is 0.0971. The summed E-state index contributed by atoms with van der Waals surface area (Å²) in [5, 5.41) is 9.98. The van der Waals surface area contributed by atoms with E-state index in [4.69, 9.17) is 5.73 Å². The molecule has 0 aromatic carbocycles. The standard InChI is InChI=1S/C7H8N3O2/c1-4-2-3-5(6(8)9-4)7(11)10-12/h2-3H,1H3,(H3-,8,9,10,11,12)/q-1. The Labute approximate surface area is 69.2 Å². The van der Waals surface area contributed by atoms with Crippen LogP contribution in [-0.2, 0) is 0 Å². The first-order valence-electron chi connectivity index (χ1n) is 3.30. The number of nitrogens with one attached hydrogen (secondary N) is 1. The molecule has 0 saturated heterocycles. The Morgan fingerprint density at radius 3 is 2.83 bits per heavy atom. The second-order valence-electron chi connectivity index (χ2n) is 2.32. The van der Waals surface area contributed by atoms with Crippen LogP contribution in [0.25, 0.3) is 0 Å². The second kappa shape index (κ2) is 3.19. The van der Waals surface area contributed by atoms with E-state index >= 15 is 0 Å². The van der Waals surface area contributed by atoms with Crippen LogP contribution in [0.2, 0.25) is 0 Å². The van der Waals surface area contributed by atoms with Crippen molar-refractivity contribution < 1.29 is 4.79 Å². The highest BCUT2D eigenvalue weighted by atomic mass is 16.5. The molecule has 1 heterocycles. The van der Waals surface area contributed by atoms with Gasteiger partial charge in [-0.3, -0.25) is 4.79 Å². The maximum atomic E-state index is 10.8. The van der Waals surface area contributed by atoms with Gasteiger partial charge < -0.3 is 16.4 Å².